The highest BCUT2D eigenvalue weighted by molar-refractivity contribution is 5.82. The van der Waals surface area contributed by atoms with E-state index >= 15 is 0 Å². The smallest absolute Gasteiger partial charge is 0.347 e. The summed E-state index contributed by atoms with van der Waals surface area (Å²) in [5, 5.41) is 11.6. The van der Waals surface area contributed by atoms with Gasteiger partial charge < -0.3 is 24.3 Å². The third kappa shape index (κ3) is 5.41. The van der Waals surface area contributed by atoms with E-state index in [2.05, 4.69) is 5.32 Å². The molecule has 156 valence electrons. The number of nitriles is 1. The predicted molar refractivity (Wildman–Crippen MR) is 106 cm³/mol. The molecule has 3 rings (SSSR count). The van der Waals surface area contributed by atoms with Gasteiger partial charge in [0.2, 0.25) is 0 Å². The van der Waals surface area contributed by atoms with Gasteiger partial charge in [-0.1, -0.05) is 6.07 Å². The average molecular weight is 410 g/mol. The first kappa shape index (κ1) is 21.0. The van der Waals surface area contributed by atoms with Crippen LogP contribution in [-0.2, 0) is 14.3 Å². The van der Waals surface area contributed by atoms with Crippen LogP contribution in [0.1, 0.15) is 31.0 Å². The number of carbonyl (C=O) groups is 2. The Labute approximate surface area is 174 Å². The third-order valence-electron chi connectivity index (χ3n) is 4.42. The standard InChI is InChI=1S/C22H22N2O6/c1-14(17-5-8-19-20(11-17)28-10-9-27-19)24-21(25)13-29-22(26)15(2)30-18-6-3-16(12-23)4-7-18/h3-8,11,14-15H,9-10,13H2,1-2H3,(H,24,25)/t14-,15-/m1/s1. The fourth-order valence-corrected chi connectivity index (χ4v) is 2.81. The Morgan fingerprint density at radius 1 is 1.10 bits per heavy atom. The number of nitrogens with one attached hydrogen (secondary N) is 1. The molecule has 2 atom stereocenters. The zero-order chi connectivity index (χ0) is 21.5. The Balaban J connectivity index is 1.46. The zero-order valence-electron chi connectivity index (χ0n) is 16.7. The van der Waals surface area contributed by atoms with Crippen LogP contribution < -0.4 is 19.5 Å². The summed E-state index contributed by atoms with van der Waals surface area (Å²) in [6, 6.07) is 13.5. The highest BCUT2D eigenvalue weighted by atomic mass is 16.6. The minimum atomic E-state index is -0.902. The van der Waals surface area contributed by atoms with Gasteiger partial charge >= 0.3 is 5.97 Å². The molecule has 1 heterocycles. The van der Waals surface area contributed by atoms with E-state index in [1.54, 1.807) is 30.3 Å². The van der Waals surface area contributed by atoms with Crippen LogP contribution in [0.5, 0.6) is 17.2 Å². The topological polar surface area (TPSA) is 107 Å². The number of hydrogen-bond donors (Lipinski definition) is 1. The molecule has 1 aliphatic heterocycles. The number of ether oxygens (including phenoxy) is 4. The predicted octanol–water partition coefficient (Wildman–Crippen LogP) is 2.52. The van der Waals surface area contributed by atoms with Gasteiger partial charge in [0, 0.05) is 0 Å². The van der Waals surface area contributed by atoms with Crippen molar-refractivity contribution in [3.8, 4) is 23.3 Å². The summed E-state index contributed by atoms with van der Waals surface area (Å²) < 4.78 is 21.5. The van der Waals surface area contributed by atoms with Gasteiger partial charge in [-0.05, 0) is 55.8 Å². The molecular weight excluding hydrogens is 388 g/mol. The number of hydrogen-bond acceptors (Lipinski definition) is 7. The van der Waals surface area contributed by atoms with Crippen molar-refractivity contribution in [1.29, 1.82) is 5.26 Å². The van der Waals surface area contributed by atoms with E-state index in [4.69, 9.17) is 24.2 Å². The molecule has 0 aliphatic carbocycles. The number of nitrogens with zero attached hydrogens (tertiary/aromatic N) is 1. The van der Waals surface area contributed by atoms with Gasteiger partial charge in [-0.25, -0.2) is 4.79 Å². The molecular formula is C22H22N2O6. The molecule has 0 unspecified atom stereocenters. The van der Waals surface area contributed by atoms with E-state index in [1.165, 1.54) is 6.92 Å². The molecule has 0 radical (unpaired) electrons. The van der Waals surface area contributed by atoms with Crippen molar-refractivity contribution in [3.05, 3.63) is 53.6 Å². The van der Waals surface area contributed by atoms with Crippen LogP contribution in [0, 0.1) is 11.3 Å². The lowest BCUT2D eigenvalue weighted by atomic mass is 10.1. The molecule has 0 fully saturated rings. The maximum atomic E-state index is 12.2. The Morgan fingerprint density at radius 2 is 1.80 bits per heavy atom. The van der Waals surface area contributed by atoms with Crippen molar-refractivity contribution in [2.24, 2.45) is 0 Å². The Hall–Kier alpha value is -3.73. The van der Waals surface area contributed by atoms with Crippen LogP contribution in [0.15, 0.2) is 42.5 Å². The molecule has 1 N–H and O–H groups in total. The largest absolute Gasteiger partial charge is 0.486 e. The van der Waals surface area contributed by atoms with Crippen LogP contribution in [0.4, 0.5) is 0 Å². The average Bonchev–Trinajstić information content (AvgIpc) is 2.77. The normalized spacial score (nSPS) is 14.0. The maximum absolute atomic E-state index is 12.2. The van der Waals surface area contributed by atoms with Crippen molar-refractivity contribution < 1.29 is 28.5 Å². The van der Waals surface area contributed by atoms with Crippen molar-refractivity contribution in [2.45, 2.75) is 26.0 Å². The second kappa shape index (κ2) is 9.65. The van der Waals surface area contributed by atoms with E-state index in [9.17, 15) is 9.59 Å². The van der Waals surface area contributed by atoms with Crippen LogP contribution in [0.3, 0.4) is 0 Å². The van der Waals surface area contributed by atoms with Gasteiger partial charge in [-0.2, -0.15) is 5.26 Å². The highest BCUT2D eigenvalue weighted by Gasteiger charge is 2.20. The van der Waals surface area contributed by atoms with E-state index in [0.717, 1.165) is 5.56 Å². The van der Waals surface area contributed by atoms with E-state index in [0.29, 0.717) is 36.0 Å². The minimum absolute atomic E-state index is 0.306. The van der Waals surface area contributed by atoms with Crippen LogP contribution in [0.2, 0.25) is 0 Å². The molecule has 0 saturated heterocycles. The number of benzene rings is 2. The molecule has 2 aromatic carbocycles. The van der Waals surface area contributed by atoms with Crippen molar-refractivity contribution in [1.82, 2.24) is 5.32 Å². The first-order valence-electron chi connectivity index (χ1n) is 9.48. The van der Waals surface area contributed by atoms with Crippen molar-refractivity contribution in [3.63, 3.8) is 0 Å². The monoisotopic (exact) mass is 410 g/mol. The SMILES string of the molecule is C[C@@H](Oc1ccc(C#N)cc1)C(=O)OCC(=O)N[C@H](C)c1ccc2c(c1)OCCO2. The summed E-state index contributed by atoms with van der Waals surface area (Å²) in [7, 11) is 0. The lowest BCUT2D eigenvalue weighted by Crippen LogP contribution is -2.34. The molecule has 0 saturated carbocycles. The summed E-state index contributed by atoms with van der Waals surface area (Å²) in [4.78, 5) is 24.2. The molecule has 0 aromatic heterocycles. The van der Waals surface area contributed by atoms with Crippen LogP contribution in [0.25, 0.3) is 0 Å². The summed E-state index contributed by atoms with van der Waals surface area (Å²) >= 11 is 0. The molecule has 8 nitrogen and oxygen atoms in total. The summed E-state index contributed by atoms with van der Waals surface area (Å²) in [5.41, 5.74) is 1.33. The van der Waals surface area contributed by atoms with Crippen LogP contribution >= 0.6 is 0 Å². The molecule has 1 amide bonds. The van der Waals surface area contributed by atoms with E-state index in [1.807, 2.05) is 25.1 Å². The Kier molecular flexibility index (Phi) is 6.75. The Morgan fingerprint density at radius 3 is 2.50 bits per heavy atom. The Bertz CT molecular complexity index is 951. The van der Waals surface area contributed by atoms with Crippen molar-refractivity contribution >= 4 is 11.9 Å². The van der Waals surface area contributed by atoms with Gasteiger partial charge in [-0.3, -0.25) is 4.79 Å². The third-order valence-corrected chi connectivity index (χ3v) is 4.42. The van der Waals surface area contributed by atoms with Gasteiger partial charge in [0.1, 0.15) is 19.0 Å². The number of fused-ring (bicyclic) bond motifs is 1. The van der Waals surface area contributed by atoms with E-state index in [-0.39, 0.29) is 6.04 Å². The van der Waals surface area contributed by atoms with Gasteiger partial charge in [0.25, 0.3) is 5.91 Å². The fourth-order valence-electron chi connectivity index (χ4n) is 2.81. The fraction of sp³-hybridized carbons (Fsp3) is 0.318. The lowest BCUT2D eigenvalue weighted by Gasteiger charge is -2.21. The molecule has 8 heteroatoms. The van der Waals surface area contributed by atoms with Gasteiger partial charge in [0.05, 0.1) is 17.7 Å². The second-order valence-corrected chi connectivity index (χ2v) is 6.70. The minimum Gasteiger partial charge on any atom is -0.486 e. The van der Waals surface area contributed by atoms with Gasteiger partial charge in [-0.15, -0.1) is 0 Å². The lowest BCUT2D eigenvalue weighted by molar-refractivity contribution is -0.154. The number of rotatable bonds is 7. The number of amides is 1. The van der Waals surface area contributed by atoms with Crippen molar-refractivity contribution in [2.75, 3.05) is 19.8 Å². The summed E-state index contributed by atoms with van der Waals surface area (Å²) in [6.45, 7) is 3.92. The summed E-state index contributed by atoms with van der Waals surface area (Å²) in [6.07, 6.45) is -0.902. The van der Waals surface area contributed by atoms with Gasteiger partial charge in [0.15, 0.2) is 24.2 Å². The maximum Gasteiger partial charge on any atom is 0.347 e. The molecule has 30 heavy (non-hydrogen) atoms. The molecule has 1 aliphatic rings. The zero-order valence-corrected chi connectivity index (χ0v) is 16.7. The molecule has 0 spiro atoms. The molecule has 0 bridgehead atoms. The summed E-state index contributed by atoms with van der Waals surface area (Å²) in [5.74, 6) is 0.640. The first-order chi connectivity index (χ1) is 14.5. The molecule has 2 aromatic rings. The number of carbonyl (C=O) groups excluding carboxylic acids is 2. The second-order valence-electron chi connectivity index (χ2n) is 6.70. The highest BCUT2D eigenvalue weighted by Crippen LogP contribution is 2.32. The first-order valence-corrected chi connectivity index (χ1v) is 9.48. The quantitative estimate of drug-likeness (QED) is 0.699. The van der Waals surface area contributed by atoms with E-state index < -0.39 is 24.6 Å². The van der Waals surface area contributed by atoms with Crippen LogP contribution in [-0.4, -0.2) is 37.8 Å². The number of esters is 1.